The van der Waals surface area contributed by atoms with E-state index in [4.69, 9.17) is 4.74 Å². The van der Waals surface area contributed by atoms with E-state index in [9.17, 15) is 0 Å². The maximum Gasteiger partial charge on any atom is 0.158 e. The summed E-state index contributed by atoms with van der Waals surface area (Å²) in [5, 5.41) is 4.61. The maximum absolute atomic E-state index is 5.51. The zero-order valence-electron chi connectivity index (χ0n) is 15.5. The molecule has 0 radical (unpaired) electrons. The lowest BCUT2D eigenvalue weighted by molar-refractivity contribution is 0.413. The van der Waals surface area contributed by atoms with Crippen LogP contribution in [0, 0.1) is 6.92 Å². The van der Waals surface area contributed by atoms with Gasteiger partial charge in [-0.1, -0.05) is 12.1 Å². The number of rotatable bonds is 4. The average molecular weight is 352 g/mol. The summed E-state index contributed by atoms with van der Waals surface area (Å²) in [5.74, 6) is 1.90. The molecule has 1 aliphatic rings. The molecule has 0 spiro atoms. The Hall–Kier alpha value is -2.83. The van der Waals surface area contributed by atoms with Crippen LogP contribution in [-0.4, -0.2) is 53.0 Å². The lowest BCUT2D eigenvalue weighted by Gasteiger charge is -2.37. The van der Waals surface area contributed by atoms with Gasteiger partial charge in [-0.25, -0.2) is 9.97 Å². The van der Waals surface area contributed by atoms with Crippen molar-refractivity contribution in [1.82, 2.24) is 19.7 Å². The van der Waals surface area contributed by atoms with E-state index in [1.807, 2.05) is 23.7 Å². The molecule has 3 heterocycles. The van der Waals surface area contributed by atoms with E-state index in [2.05, 4.69) is 43.9 Å². The van der Waals surface area contributed by atoms with E-state index in [-0.39, 0.29) is 0 Å². The molecule has 1 aromatic carbocycles. The Bertz CT molecular complexity index is 914. The predicted molar refractivity (Wildman–Crippen MR) is 103 cm³/mol. The Labute approximate surface area is 153 Å². The molecule has 1 aliphatic heterocycles. The lowest BCUT2D eigenvalue weighted by atomic mass is 10.2. The van der Waals surface area contributed by atoms with Crippen molar-refractivity contribution in [3.05, 3.63) is 36.3 Å². The molecule has 1 saturated heterocycles. The normalized spacial score (nSPS) is 14.9. The predicted octanol–water partition coefficient (Wildman–Crippen LogP) is 2.49. The fourth-order valence-electron chi connectivity index (χ4n) is 3.66. The van der Waals surface area contributed by atoms with E-state index in [1.165, 1.54) is 0 Å². The van der Waals surface area contributed by atoms with Crippen LogP contribution in [0.5, 0.6) is 5.75 Å². The topological polar surface area (TPSA) is 59.3 Å². The van der Waals surface area contributed by atoms with Gasteiger partial charge < -0.3 is 14.5 Å². The molecule has 136 valence electrons. The monoisotopic (exact) mass is 352 g/mol. The number of aryl methyl sites for hydroxylation is 2. The summed E-state index contributed by atoms with van der Waals surface area (Å²) in [7, 11) is 1.72. The van der Waals surface area contributed by atoms with Crippen molar-refractivity contribution >= 4 is 22.5 Å². The number of piperazine rings is 1. The first-order chi connectivity index (χ1) is 12.7. The molecule has 1 fully saturated rings. The van der Waals surface area contributed by atoms with Crippen LogP contribution in [0.2, 0.25) is 0 Å². The molecule has 0 N–H and O–H groups in total. The van der Waals surface area contributed by atoms with Crippen LogP contribution in [0.15, 0.2) is 30.6 Å². The summed E-state index contributed by atoms with van der Waals surface area (Å²) in [6.07, 6.45) is 1.65. The highest BCUT2D eigenvalue weighted by atomic mass is 16.5. The second-order valence-corrected chi connectivity index (χ2v) is 6.44. The molecule has 2 aromatic heterocycles. The summed E-state index contributed by atoms with van der Waals surface area (Å²) >= 11 is 0. The molecule has 0 unspecified atom stereocenters. The van der Waals surface area contributed by atoms with Crippen molar-refractivity contribution in [2.75, 3.05) is 43.1 Å². The van der Waals surface area contributed by atoms with Gasteiger partial charge in [-0.05, 0) is 26.0 Å². The van der Waals surface area contributed by atoms with Gasteiger partial charge in [0.15, 0.2) is 5.82 Å². The van der Waals surface area contributed by atoms with Crippen LogP contribution in [0.1, 0.15) is 12.6 Å². The SMILES string of the molecule is CCn1nc(C)c2ncnc(N3CCN(c4ccccc4OC)CC3)c21. The third-order valence-electron chi connectivity index (χ3n) is 4.98. The molecule has 7 heteroatoms. The zero-order chi connectivity index (χ0) is 18.1. The van der Waals surface area contributed by atoms with Gasteiger partial charge in [0.05, 0.1) is 18.5 Å². The number of anilines is 2. The smallest absolute Gasteiger partial charge is 0.158 e. The number of methoxy groups -OCH3 is 1. The largest absolute Gasteiger partial charge is 0.495 e. The third kappa shape index (κ3) is 2.73. The molecule has 3 aromatic rings. The van der Waals surface area contributed by atoms with Gasteiger partial charge in [-0.3, -0.25) is 4.68 Å². The van der Waals surface area contributed by atoms with Crippen LogP contribution >= 0.6 is 0 Å². The summed E-state index contributed by atoms with van der Waals surface area (Å²) in [4.78, 5) is 13.7. The van der Waals surface area contributed by atoms with Crippen LogP contribution in [0.25, 0.3) is 11.0 Å². The number of hydrogen-bond donors (Lipinski definition) is 0. The molecular weight excluding hydrogens is 328 g/mol. The second kappa shape index (κ2) is 6.82. The fourth-order valence-corrected chi connectivity index (χ4v) is 3.66. The molecule has 0 atom stereocenters. The minimum absolute atomic E-state index is 0.811. The van der Waals surface area contributed by atoms with Gasteiger partial charge in [0, 0.05) is 32.7 Å². The molecule has 0 amide bonds. The molecular formula is C19H24N6O. The van der Waals surface area contributed by atoms with E-state index in [0.29, 0.717) is 0 Å². The Balaban J connectivity index is 1.60. The molecule has 7 nitrogen and oxygen atoms in total. The van der Waals surface area contributed by atoms with Crippen molar-refractivity contribution in [3.63, 3.8) is 0 Å². The highest BCUT2D eigenvalue weighted by Gasteiger charge is 2.24. The van der Waals surface area contributed by atoms with Crippen molar-refractivity contribution in [3.8, 4) is 5.75 Å². The van der Waals surface area contributed by atoms with Gasteiger partial charge in [0.2, 0.25) is 0 Å². The van der Waals surface area contributed by atoms with E-state index in [0.717, 1.165) is 66.7 Å². The second-order valence-electron chi connectivity index (χ2n) is 6.44. The number of ether oxygens (including phenoxy) is 1. The quantitative estimate of drug-likeness (QED) is 0.719. The first-order valence-corrected chi connectivity index (χ1v) is 9.04. The number of benzene rings is 1. The number of aromatic nitrogens is 4. The maximum atomic E-state index is 5.51. The summed E-state index contributed by atoms with van der Waals surface area (Å²) in [6, 6.07) is 8.19. The molecule has 0 bridgehead atoms. The number of nitrogens with zero attached hydrogens (tertiary/aromatic N) is 6. The summed E-state index contributed by atoms with van der Waals surface area (Å²) in [6.45, 7) is 8.56. The Kier molecular flexibility index (Phi) is 4.36. The van der Waals surface area contributed by atoms with Crippen molar-refractivity contribution < 1.29 is 4.74 Å². The summed E-state index contributed by atoms with van der Waals surface area (Å²) in [5.41, 5.74) is 4.09. The van der Waals surface area contributed by atoms with Gasteiger partial charge in [-0.15, -0.1) is 0 Å². The first-order valence-electron chi connectivity index (χ1n) is 9.04. The van der Waals surface area contributed by atoms with E-state index < -0.39 is 0 Å². The minimum Gasteiger partial charge on any atom is -0.495 e. The van der Waals surface area contributed by atoms with Crippen LogP contribution in [0.3, 0.4) is 0 Å². The van der Waals surface area contributed by atoms with Crippen molar-refractivity contribution in [2.24, 2.45) is 0 Å². The Morgan fingerprint density at radius 3 is 2.50 bits per heavy atom. The van der Waals surface area contributed by atoms with E-state index in [1.54, 1.807) is 13.4 Å². The minimum atomic E-state index is 0.811. The Morgan fingerprint density at radius 2 is 1.77 bits per heavy atom. The van der Waals surface area contributed by atoms with E-state index >= 15 is 0 Å². The lowest BCUT2D eigenvalue weighted by Crippen LogP contribution is -2.47. The van der Waals surface area contributed by atoms with Gasteiger partial charge in [-0.2, -0.15) is 5.10 Å². The van der Waals surface area contributed by atoms with Gasteiger partial charge in [0.1, 0.15) is 23.1 Å². The van der Waals surface area contributed by atoms with Gasteiger partial charge >= 0.3 is 0 Å². The van der Waals surface area contributed by atoms with Crippen LogP contribution in [0.4, 0.5) is 11.5 Å². The average Bonchev–Trinajstić information content (AvgIpc) is 3.04. The number of fused-ring (bicyclic) bond motifs is 1. The van der Waals surface area contributed by atoms with Gasteiger partial charge in [0.25, 0.3) is 0 Å². The van der Waals surface area contributed by atoms with Crippen LogP contribution < -0.4 is 14.5 Å². The standard InChI is InChI=1S/C19H24N6O/c1-4-25-18-17(14(2)22-25)20-13-21-19(18)24-11-9-23(10-12-24)15-7-5-6-8-16(15)26-3/h5-8,13H,4,9-12H2,1-3H3. The molecule has 26 heavy (non-hydrogen) atoms. The molecule has 4 rings (SSSR count). The number of hydrogen-bond acceptors (Lipinski definition) is 6. The summed E-state index contributed by atoms with van der Waals surface area (Å²) < 4.78 is 7.52. The van der Waals surface area contributed by atoms with Crippen molar-refractivity contribution in [1.29, 1.82) is 0 Å². The first kappa shape index (κ1) is 16.6. The van der Waals surface area contributed by atoms with Crippen molar-refractivity contribution in [2.45, 2.75) is 20.4 Å². The molecule has 0 saturated carbocycles. The number of para-hydroxylation sites is 2. The third-order valence-corrected chi connectivity index (χ3v) is 4.98. The highest BCUT2D eigenvalue weighted by Crippen LogP contribution is 2.30. The molecule has 0 aliphatic carbocycles. The Morgan fingerprint density at radius 1 is 1.04 bits per heavy atom. The zero-order valence-corrected chi connectivity index (χ0v) is 15.5. The van der Waals surface area contributed by atoms with Crippen LogP contribution in [-0.2, 0) is 6.54 Å². The fraction of sp³-hybridized carbons (Fsp3) is 0.421. The highest BCUT2D eigenvalue weighted by molar-refractivity contribution is 5.88.